The molecule has 0 unspecified atom stereocenters. The van der Waals surface area contributed by atoms with E-state index in [-0.39, 0.29) is 0 Å². The van der Waals surface area contributed by atoms with Crippen molar-refractivity contribution in [2.45, 2.75) is 0 Å². The van der Waals surface area contributed by atoms with Gasteiger partial charge in [-0.3, -0.25) is 4.98 Å². The molecule has 1 aromatic carbocycles. The van der Waals surface area contributed by atoms with Crippen LogP contribution in [0.1, 0.15) is 5.56 Å². The van der Waals surface area contributed by atoms with Crippen LogP contribution in [0.2, 0.25) is 0 Å². The van der Waals surface area contributed by atoms with Crippen molar-refractivity contribution in [3.05, 3.63) is 42.1 Å². The molecule has 2 heteroatoms. The highest BCUT2D eigenvalue weighted by atomic mass is 14.9. The highest BCUT2D eigenvalue weighted by Gasteiger charge is 2.07. The van der Waals surface area contributed by atoms with Gasteiger partial charge in [0, 0.05) is 23.7 Å². The van der Waals surface area contributed by atoms with Gasteiger partial charge in [0.15, 0.2) is 0 Å². The molecule has 1 N–H and O–H groups in total. The lowest BCUT2D eigenvalue weighted by Crippen LogP contribution is -2.05. The number of pyridine rings is 1. The fourth-order valence-electron chi connectivity index (χ4n) is 1.83. The molecule has 0 bridgehead atoms. The van der Waals surface area contributed by atoms with Crippen LogP contribution >= 0.6 is 0 Å². The minimum absolute atomic E-state index is 0.904. The van der Waals surface area contributed by atoms with Crippen molar-refractivity contribution in [2.24, 2.45) is 0 Å². The van der Waals surface area contributed by atoms with Crippen molar-refractivity contribution >= 4 is 22.7 Å². The Morgan fingerprint density at radius 1 is 1.21 bits per heavy atom. The minimum Gasteiger partial charge on any atom is -0.380 e. The fraction of sp³-hybridized carbons (Fsp3) is 0.0833. The average Bonchev–Trinajstić information content (AvgIpc) is 2.29. The predicted molar refractivity (Wildman–Crippen MR) is 59.3 cm³/mol. The van der Waals surface area contributed by atoms with Gasteiger partial charge in [-0.25, -0.2) is 0 Å². The molecule has 0 spiro atoms. The molecule has 3 rings (SSSR count). The van der Waals surface area contributed by atoms with Gasteiger partial charge in [-0.15, -0.1) is 0 Å². The number of hydrogen-bond acceptors (Lipinski definition) is 2. The summed E-state index contributed by atoms with van der Waals surface area (Å²) in [5.74, 6) is 0. The third-order valence-electron chi connectivity index (χ3n) is 2.50. The van der Waals surface area contributed by atoms with E-state index in [0.29, 0.717) is 0 Å². The lowest BCUT2D eigenvalue weighted by atomic mass is 10.1. The van der Waals surface area contributed by atoms with E-state index in [1.54, 1.807) is 0 Å². The zero-order valence-corrected chi connectivity index (χ0v) is 7.70. The zero-order chi connectivity index (χ0) is 9.38. The number of benzene rings is 1. The van der Waals surface area contributed by atoms with Gasteiger partial charge in [-0.2, -0.15) is 0 Å². The summed E-state index contributed by atoms with van der Waals surface area (Å²) in [6.07, 6.45) is 6.14. The van der Waals surface area contributed by atoms with Gasteiger partial charge >= 0.3 is 0 Å². The molecule has 1 aliphatic heterocycles. The van der Waals surface area contributed by atoms with Crippen LogP contribution in [0.25, 0.3) is 17.0 Å². The maximum Gasteiger partial charge on any atom is 0.0723 e. The third kappa shape index (κ3) is 1.01. The topological polar surface area (TPSA) is 24.9 Å². The molecule has 14 heavy (non-hydrogen) atoms. The summed E-state index contributed by atoms with van der Waals surface area (Å²) in [5.41, 5.74) is 3.43. The van der Waals surface area contributed by atoms with Crippen LogP contribution in [0.3, 0.4) is 0 Å². The lowest BCUT2D eigenvalue weighted by Gasteiger charge is -2.14. The number of nitrogens with zero attached hydrogens (tertiary/aromatic N) is 1. The second-order valence-corrected chi connectivity index (χ2v) is 3.39. The molecule has 0 saturated heterocycles. The van der Waals surface area contributed by atoms with Crippen molar-refractivity contribution in [3.8, 4) is 0 Å². The summed E-state index contributed by atoms with van der Waals surface area (Å²) >= 11 is 0. The number of fused-ring (bicyclic) bond motifs is 3. The highest BCUT2D eigenvalue weighted by molar-refractivity contribution is 5.96. The Morgan fingerprint density at radius 3 is 3.14 bits per heavy atom. The fourth-order valence-corrected chi connectivity index (χ4v) is 1.83. The van der Waals surface area contributed by atoms with Crippen LogP contribution in [-0.2, 0) is 0 Å². The first-order chi connectivity index (χ1) is 6.95. The standard InChI is InChI=1S/C12H10N2/c1-2-6-11-10(5-1)12-9(8-14-11)4-3-7-13-12/h1-6,8,13H,7H2. The second kappa shape index (κ2) is 2.84. The van der Waals surface area contributed by atoms with Gasteiger partial charge < -0.3 is 5.32 Å². The molecule has 0 aliphatic carbocycles. The van der Waals surface area contributed by atoms with Crippen LogP contribution in [-0.4, -0.2) is 11.5 Å². The third-order valence-corrected chi connectivity index (χ3v) is 2.50. The first kappa shape index (κ1) is 7.56. The summed E-state index contributed by atoms with van der Waals surface area (Å²) in [6.45, 7) is 0.904. The van der Waals surface area contributed by atoms with Crippen LogP contribution in [0.5, 0.6) is 0 Å². The molecular formula is C12H10N2. The van der Waals surface area contributed by atoms with Gasteiger partial charge in [-0.1, -0.05) is 30.4 Å². The van der Waals surface area contributed by atoms with Crippen molar-refractivity contribution in [1.82, 2.24) is 4.98 Å². The van der Waals surface area contributed by atoms with Gasteiger partial charge in [-0.05, 0) is 6.07 Å². The van der Waals surface area contributed by atoms with Crippen LogP contribution in [0, 0.1) is 0 Å². The van der Waals surface area contributed by atoms with Crippen molar-refractivity contribution in [1.29, 1.82) is 0 Å². The average molecular weight is 182 g/mol. The van der Waals surface area contributed by atoms with Crippen LogP contribution in [0.15, 0.2) is 36.5 Å². The Labute approximate surface area is 82.3 Å². The number of nitrogens with one attached hydrogen (secondary N) is 1. The number of para-hydroxylation sites is 1. The van der Waals surface area contributed by atoms with Crippen LogP contribution < -0.4 is 5.32 Å². The molecule has 1 aliphatic rings. The van der Waals surface area contributed by atoms with Crippen LogP contribution in [0.4, 0.5) is 5.69 Å². The number of hydrogen-bond donors (Lipinski definition) is 1. The Kier molecular flexibility index (Phi) is 1.53. The molecule has 2 nitrogen and oxygen atoms in total. The summed E-state index contributed by atoms with van der Waals surface area (Å²) in [7, 11) is 0. The predicted octanol–water partition coefficient (Wildman–Crippen LogP) is 2.67. The summed E-state index contributed by atoms with van der Waals surface area (Å²) < 4.78 is 0. The first-order valence-electron chi connectivity index (χ1n) is 4.73. The maximum absolute atomic E-state index is 4.40. The number of rotatable bonds is 0. The highest BCUT2D eigenvalue weighted by Crippen LogP contribution is 2.28. The minimum atomic E-state index is 0.904. The number of anilines is 1. The van der Waals surface area contributed by atoms with Gasteiger partial charge in [0.2, 0.25) is 0 Å². The zero-order valence-electron chi connectivity index (χ0n) is 7.70. The molecule has 1 aromatic heterocycles. The van der Waals surface area contributed by atoms with Crippen molar-refractivity contribution < 1.29 is 0 Å². The van der Waals surface area contributed by atoms with E-state index in [1.165, 1.54) is 16.6 Å². The van der Waals surface area contributed by atoms with Crippen molar-refractivity contribution in [2.75, 3.05) is 11.9 Å². The van der Waals surface area contributed by atoms with E-state index in [0.717, 1.165) is 12.1 Å². The second-order valence-electron chi connectivity index (χ2n) is 3.39. The molecule has 0 radical (unpaired) electrons. The monoisotopic (exact) mass is 182 g/mol. The molecule has 0 atom stereocenters. The van der Waals surface area contributed by atoms with E-state index in [1.807, 2.05) is 24.4 Å². The van der Waals surface area contributed by atoms with Gasteiger partial charge in [0.05, 0.1) is 11.2 Å². The SMILES string of the molecule is C1=Cc2cnc3ccccc3c2NC1. The van der Waals surface area contributed by atoms with Crippen molar-refractivity contribution in [3.63, 3.8) is 0 Å². The van der Waals surface area contributed by atoms with E-state index in [9.17, 15) is 0 Å². The largest absolute Gasteiger partial charge is 0.380 e. The van der Waals surface area contributed by atoms with E-state index in [4.69, 9.17) is 0 Å². The molecular weight excluding hydrogens is 172 g/mol. The molecule has 0 saturated carbocycles. The van der Waals surface area contributed by atoms with E-state index in [2.05, 4.69) is 28.5 Å². The molecule has 0 fully saturated rings. The number of aromatic nitrogens is 1. The summed E-state index contributed by atoms with van der Waals surface area (Å²) in [4.78, 5) is 4.40. The normalized spacial score (nSPS) is 13.7. The molecule has 68 valence electrons. The Bertz CT molecular complexity index is 515. The van der Waals surface area contributed by atoms with E-state index < -0.39 is 0 Å². The smallest absolute Gasteiger partial charge is 0.0723 e. The Balaban J connectivity index is 2.41. The summed E-state index contributed by atoms with van der Waals surface area (Å²) in [5, 5.41) is 4.58. The first-order valence-corrected chi connectivity index (χ1v) is 4.73. The van der Waals surface area contributed by atoms with E-state index >= 15 is 0 Å². The summed E-state index contributed by atoms with van der Waals surface area (Å²) in [6, 6.07) is 8.20. The molecule has 2 heterocycles. The Hall–Kier alpha value is -1.83. The van der Waals surface area contributed by atoms with Gasteiger partial charge in [0.1, 0.15) is 0 Å². The quantitative estimate of drug-likeness (QED) is 0.677. The Morgan fingerprint density at radius 2 is 2.14 bits per heavy atom. The lowest BCUT2D eigenvalue weighted by molar-refractivity contribution is 1.29. The molecule has 0 amide bonds. The molecule has 2 aromatic rings. The van der Waals surface area contributed by atoms with Gasteiger partial charge in [0.25, 0.3) is 0 Å². The maximum atomic E-state index is 4.40.